The summed E-state index contributed by atoms with van der Waals surface area (Å²) in [6.07, 6.45) is 1.91. The first-order chi connectivity index (χ1) is 12.1. The van der Waals surface area contributed by atoms with E-state index >= 15 is 0 Å². The molecule has 0 saturated heterocycles. The molecule has 1 aliphatic rings. The van der Waals surface area contributed by atoms with Gasteiger partial charge in [0.15, 0.2) is 0 Å². The molecule has 2 atom stereocenters. The topological polar surface area (TPSA) is 60.8 Å². The van der Waals surface area contributed by atoms with Gasteiger partial charge in [-0.1, -0.05) is 36.4 Å². The van der Waals surface area contributed by atoms with Gasteiger partial charge in [0.05, 0.1) is 0 Å². The molecule has 25 heavy (non-hydrogen) atoms. The van der Waals surface area contributed by atoms with Crippen molar-refractivity contribution < 1.29 is 15.0 Å². The van der Waals surface area contributed by atoms with E-state index in [0.29, 0.717) is 13.1 Å². The number of fused-ring (bicyclic) bond motifs is 1. The third-order valence-corrected chi connectivity index (χ3v) is 5.29. The van der Waals surface area contributed by atoms with Crippen LogP contribution in [0, 0.1) is 5.92 Å². The highest BCUT2D eigenvalue weighted by Gasteiger charge is 2.32. The van der Waals surface area contributed by atoms with E-state index in [-0.39, 0.29) is 17.6 Å². The minimum atomic E-state index is -0.859. The van der Waals surface area contributed by atoms with Gasteiger partial charge in [0.2, 0.25) is 0 Å². The molecule has 0 aromatic heterocycles. The Morgan fingerprint density at radius 2 is 1.96 bits per heavy atom. The highest BCUT2D eigenvalue weighted by Crippen LogP contribution is 2.40. The Balaban J connectivity index is 1.92. The summed E-state index contributed by atoms with van der Waals surface area (Å²) in [6, 6.07) is 15.9. The number of hydrogen-bond donors (Lipinski definition) is 2. The second-order valence-electron chi connectivity index (χ2n) is 6.80. The van der Waals surface area contributed by atoms with Crippen molar-refractivity contribution in [3.05, 3.63) is 65.2 Å². The number of hydrogen-bond acceptors (Lipinski definition) is 2. The molecule has 4 nitrogen and oxygen atoms in total. The van der Waals surface area contributed by atoms with E-state index in [1.165, 1.54) is 21.6 Å². The third-order valence-electron chi connectivity index (χ3n) is 5.29. The molecular formula is C21H25NO3. The number of amides is 1. The summed E-state index contributed by atoms with van der Waals surface area (Å²) in [5, 5.41) is 19.4. The van der Waals surface area contributed by atoms with Crippen molar-refractivity contribution >= 4 is 6.09 Å². The predicted octanol–water partition coefficient (Wildman–Crippen LogP) is 4.28. The van der Waals surface area contributed by atoms with E-state index in [9.17, 15) is 15.0 Å². The zero-order valence-corrected chi connectivity index (χ0v) is 14.6. The van der Waals surface area contributed by atoms with E-state index in [2.05, 4.69) is 12.1 Å². The lowest BCUT2D eigenvalue weighted by atomic mass is 9.72. The third kappa shape index (κ3) is 3.95. The van der Waals surface area contributed by atoms with Gasteiger partial charge in [-0.15, -0.1) is 0 Å². The number of phenols is 1. The summed E-state index contributed by atoms with van der Waals surface area (Å²) in [6.45, 7) is 2.91. The standard InChI is InChI=1S/C21H25NO3/c1-2-22(21(24)25)14-17-9-8-16-10-11-18(23)13-20(16)19(17)12-15-6-4-3-5-7-15/h3-7,10-11,13,17,19,23H,2,8-9,12,14H2,1H3,(H,24,25). The molecule has 0 aliphatic heterocycles. The lowest BCUT2D eigenvalue weighted by Gasteiger charge is -2.36. The number of carboxylic acid groups (broad SMARTS) is 1. The fourth-order valence-electron chi connectivity index (χ4n) is 3.94. The smallest absolute Gasteiger partial charge is 0.407 e. The minimum absolute atomic E-state index is 0.214. The largest absolute Gasteiger partial charge is 0.508 e. The van der Waals surface area contributed by atoms with Crippen LogP contribution < -0.4 is 0 Å². The molecule has 2 aromatic carbocycles. The van der Waals surface area contributed by atoms with Crippen LogP contribution in [0.4, 0.5) is 4.79 Å². The fourth-order valence-corrected chi connectivity index (χ4v) is 3.94. The molecule has 0 spiro atoms. The SMILES string of the molecule is CCN(CC1CCc2ccc(O)cc2C1Cc1ccccc1)C(=O)O. The van der Waals surface area contributed by atoms with Crippen LogP contribution in [0.1, 0.15) is 36.0 Å². The van der Waals surface area contributed by atoms with Crippen molar-refractivity contribution in [2.45, 2.75) is 32.1 Å². The average Bonchev–Trinajstić information content (AvgIpc) is 2.61. The van der Waals surface area contributed by atoms with Crippen LogP contribution in [0.25, 0.3) is 0 Å². The predicted molar refractivity (Wildman–Crippen MR) is 98.1 cm³/mol. The molecule has 1 amide bonds. The Bertz CT molecular complexity index is 729. The lowest BCUT2D eigenvalue weighted by molar-refractivity contribution is 0.133. The van der Waals surface area contributed by atoms with Gasteiger partial charge >= 0.3 is 6.09 Å². The number of benzene rings is 2. The summed E-state index contributed by atoms with van der Waals surface area (Å²) in [7, 11) is 0. The molecule has 132 valence electrons. The van der Waals surface area contributed by atoms with Crippen molar-refractivity contribution in [2.75, 3.05) is 13.1 Å². The number of carbonyl (C=O) groups is 1. The minimum Gasteiger partial charge on any atom is -0.508 e. The number of aryl methyl sites for hydroxylation is 1. The van der Waals surface area contributed by atoms with Gasteiger partial charge in [-0.05, 0) is 66.8 Å². The molecule has 0 saturated carbocycles. The number of phenolic OH excluding ortho intramolecular Hbond substituents is 1. The summed E-state index contributed by atoms with van der Waals surface area (Å²) < 4.78 is 0. The molecule has 2 unspecified atom stereocenters. The van der Waals surface area contributed by atoms with Crippen molar-refractivity contribution in [2.24, 2.45) is 5.92 Å². The highest BCUT2D eigenvalue weighted by atomic mass is 16.4. The zero-order chi connectivity index (χ0) is 17.8. The first kappa shape index (κ1) is 17.3. The molecular weight excluding hydrogens is 314 g/mol. The molecule has 2 aromatic rings. The van der Waals surface area contributed by atoms with Gasteiger partial charge in [0.1, 0.15) is 5.75 Å². The molecule has 0 bridgehead atoms. The zero-order valence-electron chi connectivity index (χ0n) is 14.6. The Morgan fingerprint density at radius 1 is 1.20 bits per heavy atom. The number of nitrogens with zero attached hydrogens (tertiary/aromatic N) is 1. The van der Waals surface area contributed by atoms with Gasteiger partial charge in [0, 0.05) is 13.1 Å². The summed E-state index contributed by atoms with van der Waals surface area (Å²) in [4.78, 5) is 13.0. The normalized spacial score (nSPS) is 19.2. The Labute approximate surface area is 148 Å². The fraction of sp³-hybridized carbons (Fsp3) is 0.381. The lowest BCUT2D eigenvalue weighted by Crippen LogP contribution is -2.38. The van der Waals surface area contributed by atoms with Gasteiger partial charge in [-0.25, -0.2) is 4.79 Å². The second-order valence-corrected chi connectivity index (χ2v) is 6.80. The van der Waals surface area contributed by atoms with Gasteiger partial charge in [-0.3, -0.25) is 0 Å². The van der Waals surface area contributed by atoms with Gasteiger partial charge in [0.25, 0.3) is 0 Å². The first-order valence-electron chi connectivity index (χ1n) is 8.92. The van der Waals surface area contributed by atoms with Crippen LogP contribution in [0.2, 0.25) is 0 Å². The Morgan fingerprint density at radius 3 is 2.64 bits per heavy atom. The maximum atomic E-state index is 11.5. The van der Waals surface area contributed by atoms with E-state index in [4.69, 9.17) is 0 Å². The van der Waals surface area contributed by atoms with E-state index < -0.39 is 6.09 Å². The van der Waals surface area contributed by atoms with Crippen LogP contribution in [0.5, 0.6) is 5.75 Å². The maximum absolute atomic E-state index is 11.5. The van der Waals surface area contributed by atoms with E-state index in [1.807, 2.05) is 37.3 Å². The van der Waals surface area contributed by atoms with Gasteiger partial charge in [-0.2, -0.15) is 0 Å². The molecule has 4 heteroatoms. The van der Waals surface area contributed by atoms with Crippen LogP contribution >= 0.6 is 0 Å². The molecule has 3 rings (SSSR count). The molecule has 2 N–H and O–H groups in total. The van der Waals surface area contributed by atoms with E-state index in [0.717, 1.165) is 19.3 Å². The molecule has 0 heterocycles. The number of rotatable bonds is 5. The highest BCUT2D eigenvalue weighted by molar-refractivity contribution is 5.64. The summed E-state index contributed by atoms with van der Waals surface area (Å²) >= 11 is 0. The van der Waals surface area contributed by atoms with Crippen molar-refractivity contribution in [3.8, 4) is 5.75 Å². The van der Waals surface area contributed by atoms with E-state index in [1.54, 1.807) is 6.07 Å². The van der Waals surface area contributed by atoms with Crippen LogP contribution in [0.15, 0.2) is 48.5 Å². The van der Waals surface area contributed by atoms with Crippen molar-refractivity contribution in [3.63, 3.8) is 0 Å². The van der Waals surface area contributed by atoms with Crippen LogP contribution in [-0.2, 0) is 12.8 Å². The quantitative estimate of drug-likeness (QED) is 0.855. The molecule has 1 aliphatic carbocycles. The maximum Gasteiger partial charge on any atom is 0.407 e. The average molecular weight is 339 g/mol. The Kier molecular flexibility index (Phi) is 5.27. The molecule has 0 radical (unpaired) electrons. The number of aromatic hydroxyl groups is 1. The first-order valence-corrected chi connectivity index (χ1v) is 8.92. The Hall–Kier alpha value is -2.49. The van der Waals surface area contributed by atoms with Crippen molar-refractivity contribution in [1.29, 1.82) is 0 Å². The van der Waals surface area contributed by atoms with Crippen LogP contribution in [0.3, 0.4) is 0 Å². The van der Waals surface area contributed by atoms with Crippen LogP contribution in [-0.4, -0.2) is 34.3 Å². The summed E-state index contributed by atoms with van der Waals surface area (Å²) in [5.74, 6) is 0.750. The second kappa shape index (κ2) is 7.60. The van der Waals surface area contributed by atoms with Gasteiger partial charge < -0.3 is 15.1 Å². The van der Waals surface area contributed by atoms with Crippen molar-refractivity contribution in [1.82, 2.24) is 4.90 Å². The monoisotopic (exact) mass is 339 g/mol. The molecule has 0 fully saturated rings. The summed E-state index contributed by atoms with van der Waals surface area (Å²) in [5.41, 5.74) is 3.68.